The first-order valence-electron chi connectivity index (χ1n) is 6.90. The number of phenolic OH excluding ortho intramolecular Hbond substituents is 1. The van der Waals surface area contributed by atoms with E-state index in [0.717, 1.165) is 17.3 Å². The van der Waals surface area contributed by atoms with Crippen LogP contribution in [0, 0.1) is 0 Å². The molecule has 7 heteroatoms. The van der Waals surface area contributed by atoms with Gasteiger partial charge in [-0.25, -0.2) is 4.79 Å². The zero-order valence-electron chi connectivity index (χ0n) is 12.1. The molecule has 118 valence electrons. The maximum atomic E-state index is 12.4. The van der Waals surface area contributed by atoms with Crippen LogP contribution in [-0.2, 0) is 20.8 Å². The Labute approximate surface area is 132 Å². The Morgan fingerprint density at radius 1 is 1.36 bits per heavy atom. The Morgan fingerprint density at radius 3 is 2.73 bits per heavy atom. The fourth-order valence-electron chi connectivity index (χ4n) is 2.54. The van der Waals surface area contributed by atoms with Crippen LogP contribution in [0.3, 0.4) is 0 Å². The number of carboxylic acid groups (broad SMARTS) is 1. The molecule has 1 aromatic carbocycles. The Balaban J connectivity index is 2.25. The minimum atomic E-state index is -1.05. The van der Waals surface area contributed by atoms with Crippen LogP contribution in [-0.4, -0.2) is 39.0 Å². The molecule has 0 saturated carbocycles. The second-order valence-corrected chi connectivity index (χ2v) is 6.33. The number of benzene rings is 1. The van der Waals surface area contributed by atoms with Crippen molar-refractivity contribution in [2.75, 3.05) is 10.7 Å². The van der Waals surface area contributed by atoms with Crippen molar-refractivity contribution in [2.45, 2.75) is 32.2 Å². The number of hydrogen-bond acceptors (Lipinski definition) is 5. The monoisotopic (exact) mass is 323 g/mol. The van der Waals surface area contributed by atoms with E-state index in [4.69, 9.17) is 0 Å². The van der Waals surface area contributed by atoms with Gasteiger partial charge >= 0.3 is 5.97 Å². The number of hydrogen-bond donors (Lipinski definition) is 2. The Hall–Kier alpha value is -2.02. The molecule has 1 amide bonds. The van der Waals surface area contributed by atoms with Crippen LogP contribution in [0.4, 0.5) is 5.69 Å². The highest BCUT2D eigenvalue weighted by Gasteiger charge is 2.35. The average molecular weight is 323 g/mol. The van der Waals surface area contributed by atoms with Gasteiger partial charge in [-0.2, -0.15) is 0 Å². The van der Waals surface area contributed by atoms with Gasteiger partial charge in [0.1, 0.15) is 11.8 Å². The topological polar surface area (TPSA) is 94.9 Å². The predicted octanol–water partition coefficient (Wildman–Crippen LogP) is 1.79. The van der Waals surface area contributed by atoms with Crippen molar-refractivity contribution in [1.82, 2.24) is 0 Å². The van der Waals surface area contributed by atoms with E-state index in [9.17, 15) is 24.6 Å². The number of nitrogens with zero attached hydrogens (tertiary/aromatic N) is 1. The predicted molar refractivity (Wildman–Crippen MR) is 83.1 cm³/mol. The first kappa shape index (κ1) is 16.4. The van der Waals surface area contributed by atoms with E-state index in [1.807, 2.05) is 0 Å². The second kappa shape index (κ2) is 6.83. The van der Waals surface area contributed by atoms with Gasteiger partial charge in [0.15, 0.2) is 5.12 Å². The van der Waals surface area contributed by atoms with Gasteiger partial charge in [0.2, 0.25) is 5.91 Å². The molecule has 1 aliphatic heterocycles. The summed E-state index contributed by atoms with van der Waals surface area (Å²) in [5.41, 5.74) is 1.28. The molecule has 0 bridgehead atoms. The third-order valence-corrected chi connectivity index (χ3v) is 4.31. The minimum Gasteiger partial charge on any atom is -0.508 e. The van der Waals surface area contributed by atoms with Crippen molar-refractivity contribution in [3.8, 4) is 5.75 Å². The number of carboxylic acids is 1. The molecule has 1 atom stereocenters. The molecule has 6 nitrogen and oxygen atoms in total. The summed E-state index contributed by atoms with van der Waals surface area (Å²) in [5.74, 6) is -0.962. The van der Waals surface area contributed by atoms with Crippen LogP contribution in [0.5, 0.6) is 5.75 Å². The highest BCUT2D eigenvalue weighted by atomic mass is 32.2. The minimum absolute atomic E-state index is 0.0773. The van der Waals surface area contributed by atoms with E-state index in [0.29, 0.717) is 24.3 Å². The molecular formula is C15H17NO5S. The van der Waals surface area contributed by atoms with Crippen LogP contribution < -0.4 is 4.90 Å². The third-order valence-electron chi connectivity index (χ3n) is 3.50. The number of rotatable bonds is 4. The molecule has 1 heterocycles. The summed E-state index contributed by atoms with van der Waals surface area (Å²) in [7, 11) is 0. The van der Waals surface area contributed by atoms with Crippen molar-refractivity contribution in [1.29, 1.82) is 0 Å². The van der Waals surface area contributed by atoms with Gasteiger partial charge in [-0.3, -0.25) is 14.5 Å². The van der Waals surface area contributed by atoms with Gasteiger partial charge in [0.05, 0.1) is 0 Å². The molecule has 2 N–H and O–H groups in total. The van der Waals surface area contributed by atoms with Gasteiger partial charge in [-0.15, -0.1) is 0 Å². The standard InChI is InChI=1S/C15H17NO5S/c1-9(17)22-7-6-14(19)16-12-5-3-11(18)8-10(12)2-4-13(16)15(20)21/h3,5,8,13,18H,2,4,6-7H2,1H3,(H,20,21). The number of anilines is 1. The first-order chi connectivity index (χ1) is 10.4. The molecule has 1 aromatic rings. The molecule has 1 unspecified atom stereocenters. The highest BCUT2D eigenvalue weighted by Crippen LogP contribution is 2.34. The Morgan fingerprint density at radius 2 is 2.09 bits per heavy atom. The van der Waals surface area contributed by atoms with Crippen molar-refractivity contribution in [3.63, 3.8) is 0 Å². The number of thioether (sulfide) groups is 1. The van der Waals surface area contributed by atoms with Crippen molar-refractivity contribution >= 4 is 34.4 Å². The summed E-state index contributed by atoms with van der Waals surface area (Å²) in [5, 5.41) is 18.8. The van der Waals surface area contributed by atoms with Crippen LogP contribution in [0.25, 0.3) is 0 Å². The second-order valence-electron chi connectivity index (χ2n) is 5.06. The van der Waals surface area contributed by atoms with Gasteiger partial charge in [0.25, 0.3) is 0 Å². The average Bonchev–Trinajstić information content (AvgIpc) is 2.44. The van der Waals surface area contributed by atoms with Crippen molar-refractivity contribution in [3.05, 3.63) is 23.8 Å². The van der Waals surface area contributed by atoms with Gasteiger partial charge < -0.3 is 10.2 Å². The molecule has 0 spiro atoms. The maximum absolute atomic E-state index is 12.4. The molecule has 0 radical (unpaired) electrons. The number of carbonyl (C=O) groups excluding carboxylic acids is 2. The Bertz CT molecular complexity index is 616. The normalized spacial score (nSPS) is 17.0. The largest absolute Gasteiger partial charge is 0.508 e. The van der Waals surface area contributed by atoms with Crippen molar-refractivity contribution < 1.29 is 24.6 Å². The highest BCUT2D eigenvalue weighted by molar-refractivity contribution is 8.13. The van der Waals surface area contributed by atoms with Crippen molar-refractivity contribution in [2.24, 2.45) is 0 Å². The smallest absolute Gasteiger partial charge is 0.326 e. The number of phenols is 1. The maximum Gasteiger partial charge on any atom is 0.326 e. The van der Waals surface area contributed by atoms with E-state index >= 15 is 0 Å². The zero-order valence-corrected chi connectivity index (χ0v) is 12.9. The molecule has 0 aliphatic carbocycles. The lowest BCUT2D eigenvalue weighted by Crippen LogP contribution is -2.48. The van der Waals surface area contributed by atoms with Crippen LogP contribution in [0.2, 0.25) is 0 Å². The zero-order chi connectivity index (χ0) is 16.3. The number of carbonyl (C=O) groups is 3. The molecule has 0 saturated heterocycles. The van der Waals surface area contributed by atoms with E-state index in [1.165, 1.54) is 17.9 Å². The van der Waals surface area contributed by atoms with Gasteiger partial charge in [-0.05, 0) is 36.6 Å². The Kier molecular flexibility index (Phi) is 5.07. The number of amides is 1. The molecular weight excluding hydrogens is 306 g/mol. The molecule has 0 fully saturated rings. The fourth-order valence-corrected chi connectivity index (χ4v) is 3.11. The van der Waals surface area contributed by atoms with Crippen LogP contribution in [0.15, 0.2) is 18.2 Å². The lowest BCUT2D eigenvalue weighted by atomic mass is 9.95. The summed E-state index contributed by atoms with van der Waals surface area (Å²) in [6.07, 6.45) is 0.887. The third kappa shape index (κ3) is 3.59. The number of aromatic hydroxyl groups is 1. The quantitative estimate of drug-likeness (QED) is 0.877. The van der Waals surface area contributed by atoms with E-state index in [-0.39, 0.29) is 23.2 Å². The number of aryl methyl sites for hydroxylation is 1. The van der Waals surface area contributed by atoms with E-state index < -0.39 is 12.0 Å². The summed E-state index contributed by atoms with van der Waals surface area (Å²) >= 11 is 1.04. The number of aliphatic carboxylic acids is 1. The molecule has 2 rings (SSSR count). The summed E-state index contributed by atoms with van der Waals surface area (Å²) in [4.78, 5) is 36.0. The fraction of sp³-hybridized carbons (Fsp3) is 0.400. The summed E-state index contributed by atoms with van der Waals surface area (Å²) in [6, 6.07) is 3.65. The molecule has 22 heavy (non-hydrogen) atoms. The summed E-state index contributed by atoms with van der Waals surface area (Å²) < 4.78 is 0. The first-order valence-corrected chi connectivity index (χ1v) is 7.89. The number of fused-ring (bicyclic) bond motifs is 1. The van der Waals surface area contributed by atoms with Gasteiger partial charge in [-0.1, -0.05) is 11.8 Å². The van der Waals surface area contributed by atoms with Crippen LogP contribution in [0.1, 0.15) is 25.3 Å². The van der Waals surface area contributed by atoms with E-state index in [1.54, 1.807) is 12.1 Å². The van der Waals surface area contributed by atoms with E-state index in [2.05, 4.69) is 0 Å². The van der Waals surface area contributed by atoms with Gasteiger partial charge in [0, 0.05) is 24.8 Å². The molecule has 0 aromatic heterocycles. The lowest BCUT2D eigenvalue weighted by molar-refractivity contribution is -0.140. The molecule has 1 aliphatic rings. The van der Waals surface area contributed by atoms with Crippen LogP contribution >= 0.6 is 11.8 Å². The lowest BCUT2D eigenvalue weighted by Gasteiger charge is -2.35. The SMILES string of the molecule is CC(=O)SCCC(=O)N1c2ccc(O)cc2CCC1C(=O)O. The summed E-state index contributed by atoms with van der Waals surface area (Å²) in [6.45, 7) is 1.42.